The van der Waals surface area contributed by atoms with E-state index in [-0.39, 0.29) is 29.1 Å². The van der Waals surface area contributed by atoms with Gasteiger partial charge >= 0.3 is 0 Å². The molecule has 4 rings (SSSR count). The number of phenolic OH excluding ortho intramolecular Hbond substituents is 3. The van der Waals surface area contributed by atoms with Crippen LogP contribution in [0, 0.1) is 6.92 Å². The van der Waals surface area contributed by atoms with Crippen molar-refractivity contribution in [1.82, 2.24) is 0 Å². The molecule has 3 aromatic rings. The quantitative estimate of drug-likeness (QED) is 0.592. The fraction of sp³-hybridized carbons (Fsp3) is 0.250. The summed E-state index contributed by atoms with van der Waals surface area (Å²) in [5.41, 5.74) is 3.52. The van der Waals surface area contributed by atoms with Crippen LogP contribution in [0.2, 0.25) is 0 Å². The monoisotopic (exact) mass is 408 g/mol. The van der Waals surface area contributed by atoms with E-state index in [4.69, 9.17) is 14.2 Å². The van der Waals surface area contributed by atoms with Crippen molar-refractivity contribution in [2.24, 2.45) is 0 Å². The Bertz CT molecular complexity index is 1050. The van der Waals surface area contributed by atoms with Crippen LogP contribution in [0.4, 0.5) is 0 Å². The number of hydrogen-bond donors (Lipinski definition) is 3. The van der Waals surface area contributed by atoms with Gasteiger partial charge in [-0.15, -0.1) is 0 Å². The minimum atomic E-state index is -0.116. The zero-order valence-corrected chi connectivity index (χ0v) is 17.0. The lowest BCUT2D eigenvalue weighted by atomic mass is 9.75. The number of ether oxygens (including phenoxy) is 3. The van der Waals surface area contributed by atoms with E-state index in [1.807, 2.05) is 25.1 Å². The van der Waals surface area contributed by atoms with Crippen molar-refractivity contribution < 1.29 is 29.5 Å². The van der Waals surface area contributed by atoms with Crippen molar-refractivity contribution in [2.45, 2.75) is 18.8 Å². The maximum atomic E-state index is 10.3. The van der Waals surface area contributed by atoms with E-state index in [0.717, 1.165) is 16.7 Å². The fourth-order valence-corrected chi connectivity index (χ4v) is 4.13. The summed E-state index contributed by atoms with van der Waals surface area (Å²) in [5, 5.41) is 30.2. The van der Waals surface area contributed by atoms with Crippen molar-refractivity contribution in [3.8, 4) is 34.5 Å². The molecule has 0 unspecified atom stereocenters. The second-order valence-corrected chi connectivity index (χ2v) is 7.39. The standard InChI is InChI=1S/C24H24O6/c1-13-19(26)9-8-17-22(14-4-6-16(25)7-5-14)18(12-30-24(13)17)15-10-20(28-2)23(27)21(11-15)29-3/h4-11,18,22,25-27H,12H2,1-3H3/t18-,22-/m0/s1. The van der Waals surface area contributed by atoms with Crippen molar-refractivity contribution >= 4 is 0 Å². The maximum absolute atomic E-state index is 10.3. The number of fused-ring (bicyclic) bond motifs is 1. The largest absolute Gasteiger partial charge is 0.508 e. The average Bonchev–Trinajstić information content (AvgIpc) is 2.76. The van der Waals surface area contributed by atoms with E-state index >= 15 is 0 Å². The van der Waals surface area contributed by atoms with E-state index in [1.54, 1.807) is 30.3 Å². The number of phenols is 3. The normalized spacial score (nSPS) is 17.7. The van der Waals surface area contributed by atoms with Crippen LogP contribution in [0.1, 0.15) is 34.1 Å². The highest BCUT2D eigenvalue weighted by molar-refractivity contribution is 5.58. The minimum absolute atomic E-state index is 0.0529. The highest BCUT2D eigenvalue weighted by Gasteiger charge is 2.35. The van der Waals surface area contributed by atoms with Gasteiger partial charge in [-0.05, 0) is 48.4 Å². The summed E-state index contributed by atoms with van der Waals surface area (Å²) < 4.78 is 16.8. The van der Waals surface area contributed by atoms with Crippen LogP contribution in [-0.4, -0.2) is 36.1 Å². The number of methoxy groups -OCH3 is 2. The molecular formula is C24H24O6. The fourth-order valence-electron chi connectivity index (χ4n) is 4.13. The van der Waals surface area contributed by atoms with Gasteiger partial charge in [0.25, 0.3) is 0 Å². The predicted molar refractivity (Wildman–Crippen MR) is 112 cm³/mol. The van der Waals surface area contributed by atoms with E-state index in [1.165, 1.54) is 14.2 Å². The molecule has 3 N–H and O–H groups in total. The van der Waals surface area contributed by atoms with Gasteiger partial charge in [-0.3, -0.25) is 0 Å². The van der Waals surface area contributed by atoms with Gasteiger partial charge in [0, 0.05) is 23.0 Å². The van der Waals surface area contributed by atoms with Gasteiger partial charge in [-0.1, -0.05) is 18.2 Å². The third kappa shape index (κ3) is 3.24. The number of hydrogen-bond acceptors (Lipinski definition) is 6. The smallest absolute Gasteiger partial charge is 0.200 e. The summed E-state index contributed by atoms with van der Waals surface area (Å²) in [5.74, 6) is 1.41. The molecule has 0 spiro atoms. The summed E-state index contributed by atoms with van der Waals surface area (Å²) in [4.78, 5) is 0. The van der Waals surface area contributed by atoms with Crippen molar-refractivity contribution in [3.63, 3.8) is 0 Å². The number of aromatic hydroxyl groups is 3. The van der Waals surface area contributed by atoms with Gasteiger partial charge < -0.3 is 29.5 Å². The van der Waals surface area contributed by atoms with Gasteiger partial charge in [-0.2, -0.15) is 0 Å². The molecule has 30 heavy (non-hydrogen) atoms. The second kappa shape index (κ2) is 7.71. The maximum Gasteiger partial charge on any atom is 0.200 e. The van der Waals surface area contributed by atoms with Crippen molar-refractivity contribution in [2.75, 3.05) is 20.8 Å². The molecular weight excluding hydrogens is 384 g/mol. The van der Waals surface area contributed by atoms with Crippen LogP contribution in [-0.2, 0) is 0 Å². The molecule has 1 heterocycles. The first-order valence-corrected chi connectivity index (χ1v) is 9.63. The molecule has 1 aliphatic rings. The summed E-state index contributed by atoms with van der Waals surface area (Å²) in [6.45, 7) is 2.19. The third-order valence-electron chi connectivity index (χ3n) is 5.73. The molecule has 0 saturated carbocycles. The topological polar surface area (TPSA) is 88.4 Å². The first kappa shape index (κ1) is 19.8. The van der Waals surface area contributed by atoms with E-state index < -0.39 is 0 Å². The molecule has 6 nitrogen and oxygen atoms in total. The number of rotatable bonds is 4. The predicted octanol–water partition coefficient (Wildman–Crippen LogP) is 4.44. The van der Waals surface area contributed by atoms with Crippen molar-refractivity contribution in [1.29, 1.82) is 0 Å². The van der Waals surface area contributed by atoms with E-state index in [0.29, 0.717) is 29.4 Å². The summed E-state index contributed by atoms with van der Waals surface area (Å²) in [6.07, 6.45) is 0. The van der Waals surface area contributed by atoms with Gasteiger partial charge in [0.1, 0.15) is 17.2 Å². The third-order valence-corrected chi connectivity index (χ3v) is 5.73. The van der Waals surface area contributed by atoms with E-state index in [9.17, 15) is 15.3 Å². The highest BCUT2D eigenvalue weighted by atomic mass is 16.5. The minimum Gasteiger partial charge on any atom is -0.508 e. The Kier molecular flexibility index (Phi) is 5.08. The van der Waals surface area contributed by atoms with Gasteiger partial charge in [0.15, 0.2) is 11.5 Å². The Balaban J connectivity index is 1.91. The highest BCUT2D eigenvalue weighted by Crippen LogP contribution is 2.50. The molecule has 3 aromatic carbocycles. The van der Waals surface area contributed by atoms with Gasteiger partial charge in [0.2, 0.25) is 5.75 Å². The second-order valence-electron chi connectivity index (χ2n) is 7.39. The van der Waals surface area contributed by atoms with Crippen LogP contribution >= 0.6 is 0 Å². The average molecular weight is 408 g/mol. The zero-order chi connectivity index (χ0) is 21.4. The Morgan fingerprint density at radius 3 is 2.10 bits per heavy atom. The molecule has 156 valence electrons. The zero-order valence-electron chi connectivity index (χ0n) is 17.0. The summed E-state index contributed by atoms with van der Waals surface area (Å²) in [6, 6.07) is 14.2. The first-order valence-electron chi connectivity index (χ1n) is 9.63. The lowest BCUT2D eigenvalue weighted by Gasteiger charge is -2.35. The van der Waals surface area contributed by atoms with Crippen LogP contribution in [0.3, 0.4) is 0 Å². The van der Waals surface area contributed by atoms with Gasteiger partial charge in [-0.25, -0.2) is 0 Å². The van der Waals surface area contributed by atoms with Crippen LogP contribution in [0.5, 0.6) is 34.5 Å². The lowest BCUT2D eigenvalue weighted by Crippen LogP contribution is -2.26. The SMILES string of the molecule is COc1cc([C@@H]2COc3c(ccc(O)c3C)[C@@H]2c2ccc(O)cc2)cc(OC)c1O. The summed E-state index contributed by atoms with van der Waals surface area (Å²) in [7, 11) is 2.99. The lowest BCUT2D eigenvalue weighted by molar-refractivity contribution is 0.244. The van der Waals surface area contributed by atoms with Crippen LogP contribution in [0.25, 0.3) is 0 Å². The molecule has 1 aliphatic heterocycles. The molecule has 0 radical (unpaired) electrons. The van der Waals surface area contributed by atoms with Gasteiger partial charge in [0.05, 0.1) is 20.8 Å². The summed E-state index contributed by atoms with van der Waals surface area (Å²) >= 11 is 0. The Morgan fingerprint density at radius 1 is 0.867 bits per heavy atom. The van der Waals surface area contributed by atoms with E-state index in [2.05, 4.69) is 0 Å². The number of benzene rings is 3. The Labute approximate surface area is 174 Å². The molecule has 0 aliphatic carbocycles. The Morgan fingerprint density at radius 2 is 1.50 bits per heavy atom. The molecule has 0 saturated heterocycles. The molecule has 0 amide bonds. The first-order chi connectivity index (χ1) is 14.4. The van der Waals surface area contributed by atoms with Crippen molar-refractivity contribution in [3.05, 3.63) is 70.8 Å². The molecule has 6 heteroatoms. The molecule has 2 atom stereocenters. The molecule has 0 aromatic heterocycles. The molecule has 0 fully saturated rings. The Hall–Kier alpha value is -3.54. The van der Waals surface area contributed by atoms with Crippen LogP contribution in [0.15, 0.2) is 48.5 Å². The van der Waals surface area contributed by atoms with Crippen LogP contribution < -0.4 is 14.2 Å². The molecule has 0 bridgehead atoms.